The standard InChI is InChI=1S/C23H25N5O3S/c1-4-9-24-21-17-22(27-16(26-21)8-7-14-6-5-12(2)32-14)28(11-25-17)18-15-10-23(15,13(3)29)20(31)19(18)30/h5-6,11,15,18-20,30-31H,4,9-10H2,1-3H3,(H,24,26,27)/t15?,18-,19+,20?,23-/m1/s1. The number of nitrogens with one attached hydrogen (secondary N) is 1. The second-order valence-corrected chi connectivity index (χ2v) is 9.93. The van der Waals surface area contributed by atoms with E-state index in [0.717, 1.165) is 17.8 Å². The van der Waals surface area contributed by atoms with Crippen LogP contribution in [0.3, 0.4) is 0 Å². The molecular weight excluding hydrogens is 426 g/mol. The summed E-state index contributed by atoms with van der Waals surface area (Å²) in [6.07, 6.45) is 0.930. The number of anilines is 1. The number of ketones is 1. The molecule has 2 aliphatic rings. The fourth-order valence-corrected chi connectivity index (χ4v) is 5.67. The quantitative estimate of drug-likeness (QED) is 0.510. The van der Waals surface area contributed by atoms with Crippen LogP contribution in [-0.4, -0.2) is 54.3 Å². The highest BCUT2D eigenvalue weighted by molar-refractivity contribution is 7.12. The summed E-state index contributed by atoms with van der Waals surface area (Å²) in [6, 6.07) is 3.51. The third-order valence-corrected chi connectivity index (χ3v) is 7.57. The zero-order valence-corrected chi connectivity index (χ0v) is 19.0. The second kappa shape index (κ2) is 7.66. The Morgan fingerprint density at radius 2 is 2.16 bits per heavy atom. The summed E-state index contributed by atoms with van der Waals surface area (Å²) in [5, 5.41) is 24.7. The van der Waals surface area contributed by atoms with Crippen LogP contribution < -0.4 is 5.32 Å². The number of thiophene rings is 1. The number of aliphatic hydroxyl groups excluding tert-OH is 2. The molecule has 0 amide bonds. The van der Waals surface area contributed by atoms with Gasteiger partial charge >= 0.3 is 0 Å². The second-order valence-electron chi connectivity index (χ2n) is 8.64. The highest BCUT2D eigenvalue weighted by Crippen LogP contribution is 2.68. The Bertz CT molecular complexity index is 1270. The number of carbonyl (C=O) groups is 1. The Balaban J connectivity index is 1.59. The molecule has 0 saturated heterocycles. The smallest absolute Gasteiger partial charge is 0.209 e. The summed E-state index contributed by atoms with van der Waals surface area (Å²) in [5.74, 6) is 6.88. The minimum Gasteiger partial charge on any atom is -0.389 e. The number of aliphatic hydroxyl groups is 2. The van der Waals surface area contributed by atoms with Crippen molar-refractivity contribution in [1.82, 2.24) is 19.5 Å². The van der Waals surface area contributed by atoms with Gasteiger partial charge < -0.3 is 20.1 Å². The number of hydrogen-bond donors (Lipinski definition) is 3. The van der Waals surface area contributed by atoms with Crippen LogP contribution in [0.4, 0.5) is 5.82 Å². The first kappa shape index (κ1) is 21.1. The van der Waals surface area contributed by atoms with Gasteiger partial charge in [-0.1, -0.05) is 6.92 Å². The fraction of sp³-hybridized carbons (Fsp3) is 0.478. The number of aryl methyl sites for hydroxylation is 1. The minimum atomic E-state index is -1.09. The molecule has 8 nitrogen and oxygen atoms in total. The van der Waals surface area contributed by atoms with E-state index in [1.165, 1.54) is 11.8 Å². The Morgan fingerprint density at radius 1 is 1.34 bits per heavy atom. The Morgan fingerprint density at radius 3 is 2.81 bits per heavy atom. The fourth-order valence-electron chi connectivity index (χ4n) is 4.95. The highest BCUT2D eigenvalue weighted by atomic mass is 32.1. The molecule has 3 heterocycles. The molecule has 5 atom stereocenters. The molecule has 2 unspecified atom stereocenters. The van der Waals surface area contributed by atoms with Gasteiger partial charge in [0.25, 0.3) is 0 Å². The molecule has 9 heteroatoms. The summed E-state index contributed by atoms with van der Waals surface area (Å²) in [5.41, 5.74) is 0.253. The van der Waals surface area contributed by atoms with Crippen LogP contribution in [0, 0.1) is 30.1 Å². The molecule has 3 N–H and O–H groups in total. The largest absolute Gasteiger partial charge is 0.389 e. The SMILES string of the molecule is CCCNc1nc(C#Cc2ccc(C)s2)nc2c1ncn2[C@@H]1C2C[C@]2(C(C)=O)C(O)[C@H]1O. The zero-order chi connectivity index (χ0) is 22.6. The van der Waals surface area contributed by atoms with E-state index in [2.05, 4.69) is 39.0 Å². The van der Waals surface area contributed by atoms with Crippen molar-refractivity contribution in [2.45, 2.75) is 51.9 Å². The average molecular weight is 452 g/mol. The van der Waals surface area contributed by atoms with Gasteiger partial charge in [-0.05, 0) is 56.6 Å². The summed E-state index contributed by atoms with van der Waals surface area (Å²) >= 11 is 1.61. The molecular formula is C23H25N5O3S. The lowest BCUT2D eigenvalue weighted by Gasteiger charge is -2.23. The minimum absolute atomic E-state index is 0.0845. The molecule has 2 saturated carbocycles. The molecule has 3 aromatic rings. The van der Waals surface area contributed by atoms with E-state index >= 15 is 0 Å². The third kappa shape index (κ3) is 3.13. The number of fused-ring (bicyclic) bond motifs is 2. The molecule has 32 heavy (non-hydrogen) atoms. The molecule has 5 rings (SSSR count). The molecule has 0 radical (unpaired) electrons. The Labute approximate surface area is 189 Å². The first-order chi connectivity index (χ1) is 15.4. The third-order valence-electron chi connectivity index (χ3n) is 6.65. The van der Waals surface area contributed by atoms with Gasteiger partial charge in [-0.3, -0.25) is 4.79 Å². The number of carbonyl (C=O) groups excluding carboxylic acids is 1. The highest BCUT2D eigenvalue weighted by Gasteiger charge is 2.74. The number of hydrogen-bond acceptors (Lipinski definition) is 8. The van der Waals surface area contributed by atoms with Gasteiger partial charge in [-0.25, -0.2) is 15.0 Å². The van der Waals surface area contributed by atoms with Crippen molar-refractivity contribution < 1.29 is 15.0 Å². The lowest BCUT2D eigenvalue weighted by atomic mass is 9.95. The van der Waals surface area contributed by atoms with Gasteiger partial charge in [-0.15, -0.1) is 11.3 Å². The van der Waals surface area contributed by atoms with Crippen LogP contribution in [0.25, 0.3) is 11.2 Å². The summed E-state index contributed by atoms with van der Waals surface area (Å²) in [4.78, 5) is 28.1. The topological polar surface area (TPSA) is 113 Å². The van der Waals surface area contributed by atoms with Gasteiger partial charge in [-0.2, -0.15) is 0 Å². The van der Waals surface area contributed by atoms with Crippen molar-refractivity contribution in [2.24, 2.45) is 11.3 Å². The van der Waals surface area contributed by atoms with Gasteiger partial charge in [0.05, 0.1) is 28.8 Å². The van der Waals surface area contributed by atoms with Gasteiger partial charge in [0.2, 0.25) is 5.82 Å². The van der Waals surface area contributed by atoms with Crippen LogP contribution in [0.15, 0.2) is 18.5 Å². The molecule has 3 aromatic heterocycles. The molecule has 2 fully saturated rings. The summed E-state index contributed by atoms with van der Waals surface area (Å²) < 4.78 is 1.78. The van der Waals surface area contributed by atoms with Crippen LogP contribution in [0.5, 0.6) is 0 Å². The number of aromatic nitrogens is 4. The predicted octanol–water partition coefficient (Wildman–Crippen LogP) is 2.29. The number of rotatable bonds is 5. The van der Waals surface area contributed by atoms with Crippen LogP contribution >= 0.6 is 11.3 Å². The molecule has 166 valence electrons. The van der Waals surface area contributed by atoms with Gasteiger partial charge in [0.1, 0.15) is 11.9 Å². The van der Waals surface area contributed by atoms with E-state index in [-0.39, 0.29) is 11.7 Å². The zero-order valence-electron chi connectivity index (χ0n) is 18.2. The molecule has 0 bridgehead atoms. The molecule has 2 aliphatic carbocycles. The molecule has 0 aliphatic heterocycles. The van der Waals surface area contributed by atoms with Gasteiger partial charge in [0, 0.05) is 11.4 Å². The van der Waals surface area contributed by atoms with Crippen LogP contribution in [0.1, 0.15) is 48.3 Å². The maximum Gasteiger partial charge on any atom is 0.209 e. The number of nitrogens with zero attached hydrogens (tertiary/aromatic N) is 4. The van der Waals surface area contributed by atoms with Gasteiger partial charge in [0.15, 0.2) is 17.0 Å². The lowest BCUT2D eigenvalue weighted by molar-refractivity contribution is -0.128. The van der Waals surface area contributed by atoms with Crippen molar-refractivity contribution in [3.05, 3.63) is 34.0 Å². The Kier molecular flexibility index (Phi) is 5.04. The first-order valence-electron chi connectivity index (χ1n) is 10.8. The maximum atomic E-state index is 12.2. The van der Waals surface area contributed by atoms with Crippen molar-refractivity contribution in [1.29, 1.82) is 0 Å². The molecule has 0 spiro atoms. The predicted molar refractivity (Wildman–Crippen MR) is 121 cm³/mol. The van der Waals surface area contributed by atoms with E-state index in [1.54, 1.807) is 22.2 Å². The van der Waals surface area contributed by atoms with Crippen molar-refractivity contribution in [3.63, 3.8) is 0 Å². The van der Waals surface area contributed by atoms with E-state index < -0.39 is 23.7 Å². The normalized spacial score (nSPS) is 28.3. The maximum absolute atomic E-state index is 12.2. The van der Waals surface area contributed by atoms with E-state index in [4.69, 9.17) is 0 Å². The Hall–Kier alpha value is -2.80. The van der Waals surface area contributed by atoms with E-state index in [9.17, 15) is 15.0 Å². The van der Waals surface area contributed by atoms with Crippen LogP contribution in [0.2, 0.25) is 0 Å². The summed E-state index contributed by atoms with van der Waals surface area (Å²) in [6.45, 7) is 6.30. The first-order valence-corrected chi connectivity index (χ1v) is 11.6. The van der Waals surface area contributed by atoms with Crippen LogP contribution in [-0.2, 0) is 4.79 Å². The lowest BCUT2D eigenvalue weighted by Crippen LogP contribution is -2.36. The molecule has 0 aromatic carbocycles. The average Bonchev–Trinajstić information content (AvgIpc) is 3.02. The number of imidazole rings is 1. The van der Waals surface area contributed by atoms with Crippen molar-refractivity contribution in [3.8, 4) is 11.8 Å². The summed E-state index contributed by atoms with van der Waals surface area (Å²) in [7, 11) is 0. The van der Waals surface area contributed by atoms with Crippen molar-refractivity contribution >= 4 is 34.1 Å². The van der Waals surface area contributed by atoms with Crippen molar-refractivity contribution in [2.75, 3.05) is 11.9 Å². The monoisotopic (exact) mass is 451 g/mol. The van der Waals surface area contributed by atoms with E-state index in [0.29, 0.717) is 29.2 Å². The number of Topliss-reactive ketones (excluding diaryl/α,β-unsaturated/α-hetero) is 1. The van der Waals surface area contributed by atoms with E-state index in [1.807, 2.05) is 19.1 Å².